The highest BCUT2D eigenvalue weighted by Gasteiger charge is 2.21. The summed E-state index contributed by atoms with van der Waals surface area (Å²) in [7, 11) is 0. The van der Waals surface area contributed by atoms with Crippen molar-refractivity contribution in [2.45, 2.75) is 31.8 Å². The smallest absolute Gasteiger partial charge is 0.273 e. The van der Waals surface area contributed by atoms with Crippen molar-refractivity contribution in [1.82, 2.24) is 26.1 Å². The maximum absolute atomic E-state index is 12.3. The number of amides is 2. The molecule has 4 N–H and O–H groups in total. The van der Waals surface area contributed by atoms with Gasteiger partial charge in [0.05, 0.1) is 5.52 Å². The molecule has 23 heavy (non-hydrogen) atoms. The maximum Gasteiger partial charge on any atom is 0.273 e. The Morgan fingerprint density at radius 3 is 3.00 bits per heavy atom. The number of aromatic amines is 1. The first-order valence-electron chi connectivity index (χ1n) is 7.90. The molecule has 1 aromatic carbocycles. The number of benzene rings is 1. The molecule has 1 aliphatic rings. The summed E-state index contributed by atoms with van der Waals surface area (Å²) in [4.78, 5) is 24.4. The van der Waals surface area contributed by atoms with Crippen LogP contribution in [0.25, 0.3) is 10.9 Å². The zero-order valence-corrected chi connectivity index (χ0v) is 13.1. The minimum Gasteiger partial charge on any atom is -0.353 e. The van der Waals surface area contributed by atoms with Gasteiger partial charge in [-0.3, -0.25) is 14.7 Å². The number of hydrogen-bond donors (Lipinski definition) is 4. The van der Waals surface area contributed by atoms with Crippen molar-refractivity contribution < 1.29 is 9.59 Å². The summed E-state index contributed by atoms with van der Waals surface area (Å²) in [5, 5.41) is 16.5. The van der Waals surface area contributed by atoms with E-state index in [0.29, 0.717) is 18.3 Å². The van der Waals surface area contributed by atoms with Crippen molar-refractivity contribution in [1.29, 1.82) is 0 Å². The average molecular weight is 315 g/mol. The van der Waals surface area contributed by atoms with Gasteiger partial charge in [0.15, 0.2) is 5.69 Å². The van der Waals surface area contributed by atoms with Gasteiger partial charge in [0.2, 0.25) is 5.91 Å². The standard InChI is InChI=1S/C16H21N5O2/c1-10(15(22)18-9-11-5-4-8-17-11)19-16(23)14-12-6-2-3-7-13(12)20-21-14/h2-3,6-7,10-11,17H,4-5,8-9H2,1H3,(H,18,22)(H,19,23)(H,20,21). The van der Waals surface area contributed by atoms with E-state index in [9.17, 15) is 9.59 Å². The molecular formula is C16H21N5O2. The van der Waals surface area contributed by atoms with Crippen LogP contribution in [0.4, 0.5) is 0 Å². The normalized spacial score (nSPS) is 18.7. The van der Waals surface area contributed by atoms with Gasteiger partial charge in [0, 0.05) is 18.0 Å². The van der Waals surface area contributed by atoms with Crippen LogP contribution in [-0.4, -0.2) is 47.2 Å². The lowest BCUT2D eigenvalue weighted by atomic mass is 10.2. The predicted octanol–water partition coefficient (Wildman–Crippen LogP) is 0.549. The number of aromatic nitrogens is 2. The molecule has 122 valence electrons. The Balaban J connectivity index is 1.57. The molecular weight excluding hydrogens is 294 g/mol. The van der Waals surface area contributed by atoms with Gasteiger partial charge in [-0.25, -0.2) is 0 Å². The van der Waals surface area contributed by atoms with Crippen LogP contribution in [-0.2, 0) is 4.79 Å². The third-order valence-electron chi connectivity index (χ3n) is 4.11. The first kappa shape index (κ1) is 15.5. The molecule has 0 bridgehead atoms. The van der Waals surface area contributed by atoms with Gasteiger partial charge in [-0.15, -0.1) is 0 Å². The Morgan fingerprint density at radius 2 is 2.22 bits per heavy atom. The lowest BCUT2D eigenvalue weighted by Gasteiger charge is -2.16. The topological polar surface area (TPSA) is 98.9 Å². The number of para-hydroxylation sites is 1. The lowest BCUT2D eigenvalue weighted by Crippen LogP contribution is -2.47. The number of rotatable bonds is 5. The third kappa shape index (κ3) is 3.50. The number of fused-ring (bicyclic) bond motifs is 1. The van der Waals surface area contributed by atoms with Crippen molar-refractivity contribution in [2.75, 3.05) is 13.1 Å². The molecule has 1 fully saturated rings. The van der Waals surface area contributed by atoms with E-state index in [2.05, 4.69) is 26.1 Å². The van der Waals surface area contributed by atoms with Gasteiger partial charge in [-0.2, -0.15) is 5.10 Å². The summed E-state index contributed by atoms with van der Waals surface area (Å²) < 4.78 is 0. The molecule has 3 rings (SSSR count). The van der Waals surface area contributed by atoms with Crippen LogP contribution in [0.5, 0.6) is 0 Å². The molecule has 0 saturated carbocycles. The maximum atomic E-state index is 12.3. The third-order valence-corrected chi connectivity index (χ3v) is 4.11. The molecule has 0 radical (unpaired) electrons. The highest BCUT2D eigenvalue weighted by atomic mass is 16.2. The summed E-state index contributed by atoms with van der Waals surface area (Å²) >= 11 is 0. The van der Waals surface area contributed by atoms with Gasteiger partial charge < -0.3 is 16.0 Å². The SMILES string of the molecule is CC(NC(=O)c1n[nH]c2ccccc12)C(=O)NCC1CCCN1. The predicted molar refractivity (Wildman–Crippen MR) is 87.1 cm³/mol. The van der Waals surface area contributed by atoms with E-state index in [1.165, 1.54) is 0 Å². The fourth-order valence-corrected chi connectivity index (χ4v) is 2.77. The Kier molecular flexibility index (Phi) is 4.57. The number of H-pyrrole nitrogens is 1. The van der Waals surface area contributed by atoms with Crippen molar-refractivity contribution >= 4 is 22.7 Å². The molecule has 2 amide bonds. The van der Waals surface area contributed by atoms with E-state index in [1.54, 1.807) is 6.92 Å². The number of carbonyl (C=O) groups is 2. The minimum absolute atomic E-state index is 0.188. The van der Waals surface area contributed by atoms with E-state index >= 15 is 0 Å². The summed E-state index contributed by atoms with van der Waals surface area (Å²) in [6.07, 6.45) is 2.21. The Hall–Kier alpha value is -2.41. The molecule has 7 heteroatoms. The Bertz CT molecular complexity index is 705. The Labute approximate surface area is 134 Å². The van der Waals surface area contributed by atoms with Gasteiger partial charge in [0.25, 0.3) is 5.91 Å². The first-order valence-corrected chi connectivity index (χ1v) is 7.90. The first-order chi connectivity index (χ1) is 11.1. The summed E-state index contributed by atoms with van der Waals surface area (Å²) in [5.74, 6) is -0.545. The van der Waals surface area contributed by atoms with Gasteiger partial charge in [-0.05, 0) is 32.4 Å². The monoisotopic (exact) mass is 315 g/mol. The molecule has 0 aliphatic carbocycles. The van der Waals surface area contributed by atoms with E-state index in [1.807, 2.05) is 24.3 Å². The van der Waals surface area contributed by atoms with Crippen LogP contribution in [0.3, 0.4) is 0 Å². The molecule has 1 saturated heterocycles. The average Bonchev–Trinajstić information content (AvgIpc) is 3.21. The second-order valence-electron chi connectivity index (χ2n) is 5.85. The van der Waals surface area contributed by atoms with Gasteiger partial charge >= 0.3 is 0 Å². The molecule has 1 aliphatic heterocycles. The minimum atomic E-state index is -0.612. The second-order valence-corrected chi connectivity index (χ2v) is 5.85. The molecule has 2 unspecified atom stereocenters. The molecule has 0 spiro atoms. The van der Waals surface area contributed by atoms with Gasteiger partial charge in [0.1, 0.15) is 6.04 Å². The highest BCUT2D eigenvalue weighted by molar-refractivity contribution is 6.05. The van der Waals surface area contributed by atoms with Crippen LogP contribution >= 0.6 is 0 Å². The van der Waals surface area contributed by atoms with Crippen molar-refractivity contribution in [3.05, 3.63) is 30.0 Å². The molecule has 1 aromatic heterocycles. The van der Waals surface area contributed by atoms with Crippen LogP contribution < -0.4 is 16.0 Å². The quantitative estimate of drug-likeness (QED) is 0.647. The summed E-state index contributed by atoms with van der Waals surface area (Å²) in [6, 6.07) is 7.11. The molecule has 7 nitrogen and oxygen atoms in total. The van der Waals surface area contributed by atoms with Crippen LogP contribution in [0.15, 0.2) is 24.3 Å². The zero-order valence-electron chi connectivity index (χ0n) is 13.1. The number of carbonyl (C=O) groups excluding carboxylic acids is 2. The van der Waals surface area contributed by atoms with E-state index < -0.39 is 6.04 Å². The van der Waals surface area contributed by atoms with Crippen LogP contribution in [0.1, 0.15) is 30.3 Å². The molecule has 2 atom stereocenters. The summed E-state index contributed by atoms with van der Waals surface area (Å²) in [6.45, 7) is 3.26. The van der Waals surface area contributed by atoms with Crippen LogP contribution in [0, 0.1) is 0 Å². The Morgan fingerprint density at radius 1 is 1.39 bits per heavy atom. The second kappa shape index (κ2) is 6.78. The van der Waals surface area contributed by atoms with Crippen molar-refractivity contribution in [2.24, 2.45) is 0 Å². The molecule has 2 aromatic rings. The number of nitrogens with one attached hydrogen (secondary N) is 4. The van der Waals surface area contributed by atoms with E-state index in [0.717, 1.165) is 30.3 Å². The highest BCUT2D eigenvalue weighted by Crippen LogP contribution is 2.14. The fraction of sp³-hybridized carbons (Fsp3) is 0.438. The van der Waals surface area contributed by atoms with Crippen molar-refractivity contribution in [3.63, 3.8) is 0 Å². The number of nitrogens with zero attached hydrogens (tertiary/aromatic N) is 1. The van der Waals surface area contributed by atoms with Crippen LogP contribution in [0.2, 0.25) is 0 Å². The largest absolute Gasteiger partial charge is 0.353 e. The lowest BCUT2D eigenvalue weighted by molar-refractivity contribution is -0.122. The van der Waals surface area contributed by atoms with Gasteiger partial charge in [-0.1, -0.05) is 18.2 Å². The fourth-order valence-electron chi connectivity index (χ4n) is 2.77. The molecule has 2 heterocycles. The summed E-state index contributed by atoms with van der Waals surface area (Å²) in [5.41, 5.74) is 1.10. The van der Waals surface area contributed by atoms with E-state index in [4.69, 9.17) is 0 Å². The number of hydrogen-bond acceptors (Lipinski definition) is 4. The van der Waals surface area contributed by atoms with Crippen molar-refractivity contribution in [3.8, 4) is 0 Å². The zero-order chi connectivity index (χ0) is 16.2. The van der Waals surface area contributed by atoms with E-state index in [-0.39, 0.29) is 11.8 Å².